The molecular formula is C20H16N4OS3. The van der Waals surface area contributed by atoms with Gasteiger partial charge in [-0.15, -0.1) is 22.7 Å². The molecule has 5 nitrogen and oxygen atoms in total. The fourth-order valence-corrected chi connectivity index (χ4v) is 4.96. The Balaban J connectivity index is 1.36. The van der Waals surface area contributed by atoms with Crippen LogP contribution in [-0.2, 0) is 5.75 Å². The SMILES string of the molecule is Cc1csc(SCc2ccc(C(=O)Nc3nc(-c4cccnc4)cs3)cc2)n1. The maximum atomic E-state index is 12.5. The van der Waals surface area contributed by atoms with Gasteiger partial charge >= 0.3 is 0 Å². The van der Waals surface area contributed by atoms with E-state index < -0.39 is 0 Å². The third-order valence-corrected chi connectivity index (χ3v) is 6.83. The van der Waals surface area contributed by atoms with Crippen molar-refractivity contribution in [2.24, 2.45) is 0 Å². The lowest BCUT2D eigenvalue weighted by atomic mass is 10.1. The molecule has 1 amide bonds. The Labute approximate surface area is 174 Å². The fourth-order valence-electron chi connectivity index (χ4n) is 2.44. The van der Waals surface area contributed by atoms with Crippen molar-refractivity contribution in [1.82, 2.24) is 15.0 Å². The van der Waals surface area contributed by atoms with E-state index in [-0.39, 0.29) is 5.91 Å². The highest BCUT2D eigenvalue weighted by molar-refractivity contribution is 8.00. The molecule has 0 aliphatic carbocycles. The third kappa shape index (κ3) is 4.64. The molecule has 1 N–H and O–H groups in total. The van der Waals surface area contributed by atoms with E-state index in [0.29, 0.717) is 10.7 Å². The molecule has 8 heteroatoms. The molecule has 0 aliphatic rings. The number of pyridine rings is 1. The van der Waals surface area contributed by atoms with Crippen LogP contribution >= 0.6 is 34.4 Å². The molecule has 1 aromatic carbocycles. The van der Waals surface area contributed by atoms with Crippen LogP contribution in [0.15, 0.2) is 63.9 Å². The van der Waals surface area contributed by atoms with Crippen LogP contribution in [0.25, 0.3) is 11.3 Å². The van der Waals surface area contributed by atoms with Gasteiger partial charge in [0.05, 0.1) is 5.69 Å². The number of rotatable bonds is 6. The molecular weight excluding hydrogens is 408 g/mol. The van der Waals surface area contributed by atoms with Gasteiger partial charge in [0.1, 0.15) is 4.34 Å². The summed E-state index contributed by atoms with van der Waals surface area (Å²) in [6, 6.07) is 11.4. The number of hydrogen-bond donors (Lipinski definition) is 1. The first-order chi connectivity index (χ1) is 13.7. The second-order valence-electron chi connectivity index (χ2n) is 5.97. The first-order valence-corrected chi connectivity index (χ1v) is 11.2. The molecule has 0 radical (unpaired) electrons. The lowest BCUT2D eigenvalue weighted by Gasteiger charge is -2.04. The zero-order valence-electron chi connectivity index (χ0n) is 15.0. The molecule has 0 fully saturated rings. The van der Waals surface area contributed by atoms with E-state index >= 15 is 0 Å². The molecule has 4 rings (SSSR count). The first kappa shape index (κ1) is 18.8. The largest absolute Gasteiger partial charge is 0.298 e. The maximum absolute atomic E-state index is 12.5. The minimum Gasteiger partial charge on any atom is -0.298 e. The number of hydrogen-bond acceptors (Lipinski definition) is 7. The van der Waals surface area contributed by atoms with Crippen molar-refractivity contribution in [3.63, 3.8) is 0 Å². The molecule has 0 saturated heterocycles. The van der Waals surface area contributed by atoms with Crippen LogP contribution in [-0.4, -0.2) is 20.9 Å². The van der Waals surface area contributed by atoms with Crippen molar-refractivity contribution < 1.29 is 4.79 Å². The highest BCUT2D eigenvalue weighted by atomic mass is 32.2. The Morgan fingerprint density at radius 1 is 1.11 bits per heavy atom. The van der Waals surface area contributed by atoms with Gasteiger partial charge in [-0.2, -0.15) is 0 Å². The molecule has 28 heavy (non-hydrogen) atoms. The highest BCUT2D eigenvalue weighted by Crippen LogP contribution is 2.27. The number of benzene rings is 1. The van der Waals surface area contributed by atoms with Gasteiger partial charge in [0.25, 0.3) is 5.91 Å². The van der Waals surface area contributed by atoms with Crippen LogP contribution < -0.4 is 5.32 Å². The summed E-state index contributed by atoms with van der Waals surface area (Å²) in [5, 5.41) is 7.39. The van der Waals surface area contributed by atoms with Gasteiger partial charge in [0.15, 0.2) is 5.13 Å². The smallest absolute Gasteiger partial charge is 0.257 e. The Bertz CT molecular complexity index is 1070. The van der Waals surface area contributed by atoms with Crippen molar-refractivity contribution >= 4 is 45.5 Å². The third-order valence-electron chi connectivity index (χ3n) is 3.86. The van der Waals surface area contributed by atoms with Crippen molar-refractivity contribution in [3.8, 4) is 11.3 Å². The average Bonchev–Trinajstić information content (AvgIpc) is 3.36. The quantitative estimate of drug-likeness (QED) is 0.413. The Morgan fingerprint density at radius 2 is 1.96 bits per heavy atom. The Hall–Kier alpha value is -2.55. The summed E-state index contributed by atoms with van der Waals surface area (Å²) in [5.41, 5.74) is 4.54. The standard InChI is InChI=1S/C20H16N4OS3/c1-13-10-27-20(22-13)28-11-14-4-6-15(7-5-14)18(25)24-19-23-17(12-26-19)16-3-2-8-21-9-16/h2-10,12H,11H2,1H3,(H,23,24,25). The number of carbonyl (C=O) groups is 1. The molecule has 3 heterocycles. The van der Waals surface area contributed by atoms with E-state index in [1.54, 1.807) is 35.5 Å². The Morgan fingerprint density at radius 3 is 2.68 bits per heavy atom. The number of aromatic nitrogens is 3. The van der Waals surface area contributed by atoms with Crippen molar-refractivity contribution in [2.75, 3.05) is 5.32 Å². The lowest BCUT2D eigenvalue weighted by molar-refractivity contribution is 0.102. The summed E-state index contributed by atoms with van der Waals surface area (Å²) in [6.07, 6.45) is 3.48. The van der Waals surface area contributed by atoms with E-state index in [2.05, 4.69) is 20.3 Å². The number of amides is 1. The van der Waals surface area contributed by atoms with Crippen molar-refractivity contribution in [3.05, 3.63) is 76.4 Å². The van der Waals surface area contributed by atoms with Gasteiger partial charge in [-0.3, -0.25) is 15.1 Å². The molecule has 0 atom stereocenters. The predicted octanol–water partition coefficient (Wildman–Crippen LogP) is 5.51. The molecule has 0 saturated carbocycles. The van der Waals surface area contributed by atoms with Crippen LogP contribution in [0.2, 0.25) is 0 Å². The van der Waals surface area contributed by atoms with Gasteiger partial charge < -0.3 is 0 Å². The minimum absolute atomic E-state index is 0.165. The molecule has 140 valence electrons. The summed E-state index contributed by atoms with van der Waals surface area (Å²) in [5.74, 6) is 0.664. The van der Waals surface area contributed by atoms with Crippen LogP contribution in [0, 0.1) is 6.92 Å². The van der Waals surface area contributed by atoms with Crippen LogP contribution in [0.5, 0.6) is 0 Å². The van der Waals surface area contributed by atoms with Gasteiger partial charge in [-0.05, 0) is 36.8 Å². The van der Waals surface area contributed by atoms with Gasteiger partial charge in [0.2, 0.25) is 0 Å². The fraction of sp³-hybridized carbons (Fsp3) is 0.100. The number of carbonyl (C=O) groups excluding carboxylic acids is 1. The van der Waals surface area contributed by atoms with Gasteiger partial charge in [-0.25, -0.2) is 9.97 Å². The number of nitrogens with zero attached hydrogens (tertiary/aromatic N) is 3. The lowest BCUT2D eigenvalue weighted by Crippen LogP contribution is -2.11. The number of thiazole rings is 2. The normalized spacial score (nSPS) is 10.8. The molecule has 0 spiro atoms. The first-order valence-electron chi connectivity index (χ1n) is 8.48. The van der Waals surface area contributed by atoms with E-state index in [4.69, 9.17) is 0 Å². The molecule has 0 aliphatic heterocycles. The second-order valence-corrected chi connectivity index (χ2v) is 8.91. The second kappa shape index (κ2) is 8.64. The molecule has 4 aromatic rings. The van der Waals surface area contributed by atoms with Gasteiger partial charge in [0, 0.05) is 45.7 Å². The van der Waals surface area contributed by atoms with Crippen LogP contribution in [0.4, 0.5) is 5.13 Å². The summed E-state index contributed by atoms with van der Waals surface area (Å²) >= 11 is 4.76. The van der Waals surface area contributed by atoms with Gasteiger partial charge in [-0.1, -0.05) is 23.9 Å². The van der Waals surface area contributed by atoms with E-state index in [1.165, 1.54) is 11.3 Å². The summed E-state index contributed by atoms with van der Waals surface area (Å²) in [6.45, 7) is 2.00. The van der Waals surface area contributed by atoms with Crippen molar-refractivity contribution in [2.45, 2.75) is 17.0 Å². The summed E-state index contributed by atoms with van der Waals surface area (Å²) < 4.78 is 1.06. The summed E-state index contributed by atoms with van der Waals surface area (Å²) in [7, 11) is 0. The summed E-state index contributed by atoms with van der Waals surface area (Å²) in [4.78, 5) is 25.5. The molecule has 0 bridgehead atoms. The zero-order valence-corrected chi connectivity index (χ0v) is 17.4. The van der Waals surface area contributed by atoms with E-state index in [0.717, 1.165) is 32.6 Å². The topological polar surface area (TPSA) is 67.8 Å². The molecule has 3 aromatic heterocycles. The van der Waals surface area contributed by atoms with E-state index in [9.17, 15) is 4.79 Å². The maximum Gasteiger partial charge on any atom is 0.257 e. The van der Waals surface area contributed by atoms with Crippen LogP contribution in [0.1, 0.15) is 21.6 Å². The minimum atomic E-state index is -0.165. The average molecular weight is 425 g/mol. The van der Waals surface area contributed by atoms with Crippen LogP contribution in [0.3, 0.4) is 0 Å². The number of aryl methyl sites for hydroxylation is 1. The number of nitrogens with one attached hydrogen (secondary N) is 1. The number of thioether (sulfide) groups is 1. The molecule has 0 unspecified atom stereocenters. The predicted molar refractivity (Wildman–Crippen MR) is 116 cm³/mol. The van der Waals surface area contributed by atoms with E-state index in [1.807, 2.05) is 54.1 Å². The van der Waals surface area contributed by atoms with Crippen molar-refractivity contribution in [1.29, 1.82) is 0 Å². The highest BCUT2D eigenvalue weighted by Gasteiger charge is 2.10. The Kier molecular flexibility index (Phi) is 5.80. The number of anilines is 1. The zero-order chi connectivity index (χ0) is 19.3. The monoisotopic (exact) mass is 424 g/mol.